The van der Waals surface area contributed by atoms with Gasteiger partial charge in [0.05, 0.1) is 34.7 Å². The second kappa shape index (κ2) is 11.9. The molecule has 224 valence electrons. The minimum atomic E-state index is -3.25. The second-order valence-corrected chi connectivity index (χ2v) is 13.3. The third kappa shape index (κ3) is 6.35. The van der Waals surface area contributed by atoms with Crippen LogP contribution < -0.4 is 0 Å². The summed E-state index contributed by atoms with van der Waals surface area (Å²) in [6.45, 7) is 3.31. The molecule has 2 fully saturated rings. The van der Waals surface area contributed by atoms with Gasteiger partial charge in [-0.2, -0.15) is 5.10 Å². The monoisotopic (exact) mass is 606 g/mol. The van der Waals surface area contributed by atoms with Crippen LogP contribution in [0.25, 0.3) is 5.95 Å². The molecule has 9 nitrogen and oxygen atoms in total. The van der Waals surface area contributed by atoms with Crippen LogP contribution in [0, 0.1) is 11.6 Å². The third-order valence-electron chi connectivity index (χ3n) is 8.38. The zero-order chi connectivity index (χ0) is 30.1. The highest BCUT2D eigenvalue weighted by Gasteiger charge is 2.34. The maximum absolute atomic E-state index is 13.9. The van der Waals surface area contributed by atoms with Crippen LogP contribution in [0.5, 0.6) is 0 Å². The molecule has 2 aliphatic heterocycles. The lowest BCUT2D eigenvalue weighted by Crippen LogP contribution is -2.34. The van der Waals surface area contributed by atoms with Crippen LogP contribution in [-0.4, -0.2) is 76.3 Å². The molecule has 0 radical (unpaired) electrons. The molecule has 2 aromatic carbocycles. The number of benzene rings is 2. The molecule has 4 heterocycles. The van der Waals surface area contributed by atoms with Crippen LogP contribution in [0.15, 0.2) is 72.0 Å². The molecular weight excluding hydrogens is 574 g/mol. The first-order valence-corrected chi connectivity index (χ1v) is 16.2. The maximum Gasteiger partial charge on any atom is 0.257 e. The summed E-state index contributed by atoms with van der Waals surface area (Å²) in [5, 5.41) is 4.50. The SMILES string of the molecule is CS(=O)(=O)c1ccc(CN2CCC(c3c(C(=O)N4CC[C@@H](c5ccc(F)cc5)C4)cnn3-c3ncc(F)cn3)CC2)cc1. The van der Waals surface area contributed by atoms with Gasteiger partial charge >= 0.3 is 0 Å². The summed E-state index contributed by atoms with van der Waals surface area (Å²) in [6.07, 6.45) is 7.22. The molecule has 1 amide bonds. The minimum Gasteiger partial charge on any atom is -0.338 e. The number of piperidine rings is 1. The molecule has 4 aromatic rings. The van der Waals surface area contributed by atoms with Crippen molar-refractivity contribution in [2.75, 3.05) is 32.4 Å². The van der Waals surface area contributed by atoms with Crippen molar-refractivity contribution in [3.05, 3.63) is 101 Å². The van der Waals surface area contributed by atoms with Gasteiger partial charge in [-0.25, -0.2) is 31.8 Å². The Balaban J connectivity index is 1.20. The van der Waals surface area contributed by atoms with Crippen LogP contribution in [0.1, 0.15) is 58.3 Å². The van der Waals surface area contributed by atoms with Crippen LogP contribution in [0.2, 0.25) is 0 Å². The van der Waals surface area contributed by atoms with Crippen molar-refractivity contribution < 1.29 is 22.0 Å². The van der Waals surface area contributed by atoms with E-state index in [0.717, 1.165) is 61.6 Å². The van der Waals surface area contributed by atoms with Crippen LogP contribution in [0.4, 0.5) is 8.78 Å². The van der Waals surface area contributed by atoms with E-state index < -0.39 is 15.7 Å². The van der Waals surface area contributed by atoms with Gasteiger partial charge in [0.15, 0.2) is 15.7 Å². The molecule has 0 unspecified atom stereocenters. The summed E-state index contributed by atoms with van der Waals surface area (Å²) in [7, 11) is -3.25. The molecule has 0 N–H and O–H groups in total. The van der Waals surface area contributed by atoms with Gasteiger partial charge in [0.1, 0.15) is 5.82 Å². The fraction of sp³-hybridized carbons (Fsp3) is 0.355. The van der Waals surface area contributed by atoms with E-state index in [9.17, 15) is 22.0 Å². The van der Waals surface area contributed by atoms with Crippen LogP contribution >= 0.6 is 0 Å². The predicted molar refractivity (Wildman–Crippen MR) is 156 cm³/mol. The first kappa shape index (κ1) is 29.1. The van der Waals surface area contributed by atoms with E-state index in [-0.39, 0.29) is 29.5 Å². The largest absolute Gasteiger partial charge is 0.338 e. The molecular formula is C31H32F2N6O3S. The highest BCUT2D eigenvalue weighted by molar-refractivity contribution is 7.90. The normalized spacial score (nSPS) is 18.3. The lowest BCUT2D eigenvalue weighted by molar-refractivity contribution is 0.0788. The molecule has 1 atom stereocenters. The van der Waals surface area contributed by atoms with E-state index in [0.29, 0.717) is 30.1 Å². The van der Waals surface area contributed by atoms with Gasteiger partial charge in [-0.15, -0.1) is 0 Å². The van der Waals surface area contributed by atoms with E-state index in [1.165, 1.54) is 18.4 Å². The Morgan fingerprint density at radius 2 is 1.51 bits per heavy atom. The zero-order valence-electron chi connectivity index (χ0n) is 23.7. The molecule has 12 heteroatoms. The fourth-order valence-electron chi connectivity index (χ4n) is 6.08. The van der Waals surface area contributed by atoms with Crippen molar-refractivity contribution in [3.63, 3.8) is 0 Å². The van der Waals surface area contributed by atoms with Crippen molar-refractivity contribution in [2.24, 2.45) is 0 Å². The van der Waals surface area contributed by atoms with Crippen LogP contribution in [-0.2, 0) is 16.4 Å². The molecule has 0 aliphatic carbocycles. The lowest BCUT2D eigenvalue weighted by Gasteiger charge is -2.32. The Morgan fingerprint density at radius 1 is 0.860 bits per heavy atom. The number of halogens is 2. The van der Waals surface area contributed by atoms with E-state index >= 15 is 0 Å². The summed E-state index contributed by atoms with van der Waals surface area (Å²) in [5.74, 6) is -0.648. The number of hydrogen-bond acceptors (Lipinski definition) is 7. The van der Waals surface area contributed by atoms with Gasteiger partial charge in [-0.3, -0.25) is 9.69 Å². The molecule has 2 aliphatic rings. The molecule has 0 spiro atoms. The number of hydrogen-bond donors (Lipinski definition) is 0. The summed E-state index contributed by atoms with van der Waals surface area (Å²) in [5.41, 5.74) is 3.24. The Kier molecular flexibility index (Phi) is 8.06. The number of carbonyl (C=O) groups excluding carboxylic acids is 1. The van der Waals surface area contributed by atoms with E-state index in [2.05, 4.69) is 20.0 Å². The number of likely N-dealkylation sites (tertiary alicyclic amines) is 2. The van der Waals surface area contributed by atoms with Crippen molar-refractivity contribution in [3.8, 4) is 5.95 Å². The minimum absolute atomic E-state index is 0.00513. The molecule has 2 aromatic heterocycles. The van der Waals surface area contributed by atoms with Crippen molar-refractivity contribution >= 4 is 15.7 Å². The van der Waals surface area contributed by atoms with Gasteiger partial charge in [0, 0.05) is 37.7 Å². The second-order valence-electron chi connectivity index (χ2n) is 11.3. The first-order valence-electron chi connectivity index (χ1n) is 14.3. The van der Waals surface area contributed by atoms with Gasteiger partial charge in [-0.1, -0.05) is 24.3 Å². The summed E-state index contributed by atoms with van der Waals surface area (Å²) < 4.78 is 52.2. The number of sulfone groups is 1. The molecule has 0 bridgehead atoms. The smallest absolute Gasteiger partial charge is 0.257 e. The molecule has 0 saturated carbocycles. The Bertz CT molecular complexity index is 1700. The first-order chi connectivity index (χ1) is 20.7. The topological polar surface area (TPSA) is 101 Å². The molecule has 43 heavy (non-hydrogen) atoms. The highest BCUT2D eigenvalue weighted by atomic mass is 32.2. The van der Waals surface area contributed by atoms with E-state index in [4.69, 9.17) is 0 Å². The van der Waals surface area contributed by atoms with Crippen molar-refractivity contribution in [1.29, 1.82) is 0 Å². The average Bonchev–Trinajstić information content (AvgIpc) is 3.67. The van der Waals surface area contributed by atoms with Gasteiger partial charge in [0.2, 0.25) is 0 Å². The lowest BCUT2D eigenvalue weighted by atomic mass is 9.90. The number of nitrogens with zero attached hydrogens (tertiary/aromatic N) is 6. The summed E-state index contributed by atoms with van der Waals surface area (Å²) >= 11 is 0. The summed E-state index contributed by atoms with van der Waals surface area (Å²) in [6, 6.07) is 13.4. The third-order valence-corrected chi connectivity index (χ3v) is 9.51. The quantitative estimate of drug-likeness (QED) is 0.308. The zero-order valence-corrected chi connectivity index (χ0v) is 24.6. The van der Waals surface area contributed by atoms with Gasteiger partial charge in [0.25, 0.3) is 11.9 Å². The van der Waals surface area contributed by atoms with E-state index in [1.807, 2.05) is 17.0 Å². The number of amides is 1. The molecule has 2 saturated heterocycles. The maximum atomic E-state index is 13.9. The van der Waals surface area contributed by atoms with Gasteiger partial charge < -0.3 is 4.90 Å². The summed E-state index contributed by atoms with van der Waals surface area (Å²) in [4.78, 5) is 26.6. The van der Waals surface area contributed by atoms with Crippen LogP contribution in [0.3, 0.4) is 0 Å². The Morgan fingerprint density at radius 3 is 2.16 bits per heavy atom. The molecule has 6 rings (SSSR count). The number of rotatable bonds is 7. The van der Waals surface area contributed by atoms with E-state index in [1.54, 1.807) is 35.1 Å². The standard InChI is InChI=1S/C31H32F2N6O3S/c1-43(41,42)27-8-2-21(3-9-27)19-37-13-10-23(11-14-37)29-28(18-36-39(29)31-34-16-26(33)17-35-31)30(40)38-15-12-24(20-38)22-4-6-25(32)7-5-22/h2-9,16-18,23-24H,10-15,19-20H2,1H3/t24-/m1/s1. The van der Waals surface area contributed by atoms with Crippen molar-refractivity contribution in [1.82, 2.24) is 29.5 Å². The fourth-order valence-corrected chi connectivity index (χ4v) is 6.71. The Labute approximate surface area is 249 Å². The van der Waals surface area contributed by atoms with Crippen molar-refractivity contribution in [2.45, 2.75) is 42.5 Å². The number of aromatic nitrogens is 4. The Hall–Kier alpha value is -4.03. The van der Waals surface area contributed by atoms with Gasteiger partial charge in [-0.05, 0) is 67.7 Å². The predicted octanol–water partition coefficient (Wildman–Crippen LogP) is 4.35. The average molecular weight is 607 g/mol. The number of carbonyl (C=O) groups is 1. The highest BCUT2D eigenvalue weighted by Crippen LogP contribution is 2.34.